The molecule has 2 fully saturated rings. The summed E-state index contributed by atoms with van der Waals surface area (Å²) in [7, 11) is 0. The van der Waals surface area contributed by atoms with E-state index < -0.39 is 5.97 Å². The fraction of sp³-hybridized carbons (Fsp3) is 0.833. The van der Waals surface area contributed by atoms with E-state index in [1.165, 1.54) is 12.8 Å². The Balaban J connectivity index is 1.73. The summed E-state index contributed by atoms with van der Waals surface area (Å²) in [4.78, 5) is 24.4. The van der Waals surface area contributed by atoms with E-state index in [9.17, 15) is 9.59 Å². The van der Waals surface area contributed by atoms with Crippen LogP contribution in [0.3, 0.4) is 0 Å². The highest BCUT2D eigenvalue weighted by Crippen LogP contribution is 2.21. The van der Waals surface area contributed by atoms with Crippen molar-refractivity contribution in [3.8, 4) is 0 Å². The number of carbonyl (C=O) groups is 2. The van der Waals surface area contributed by atoms with Gasteiger partial charge in [0.2, 0.25) is 5.91 Å². The number of carboxylic acid groups (broad SMARTS) is 1. The minimum absolute atomic E-state index is 0.0825. The van der Waals surface area contributed by atoms with Crippen LogP contribution in [0.4, 0.5) is 0 Å². The van der Waals surface area contributed by atoms with Gasteiger partial charge in [0, 0.05) is 31.6 Å². The zero-order valence-corrected chi connectivity index (χ0v) is 10.0. The van der Waals surface area contributed by atoms with Crippen LogP contribution in [0.25, 0.3) is 0 Å². The Morgan fingerprint density at radius 2 is 2.06 bits per heavy atom. The predicted octanol–water partition coefficient (Wildman–Crippen LogP) is 0.594. The molecule has 2 aliphatic rings. The van der Waals surface area contributed by atoms with Crippen molar-refractivity contribution in [1.82, 2.24) is 10.2 Å². The third-order valence-electron chi connectivity index (χ3n) is 3.46. The molecule has 1 heterocycles. The van der Waals surface area contributed by atoms with Crippen LogP contribution in [0.5, 0.6) is 0 Å². The fourth-order valence-electron chi connectivity index (χ4n) is 2.39. The van der Waals surface area contributed by atoms with Crippen molar-refractivity contribution < 1.29 is 14.7 Å². The summed E-state index contributed by atoms with van der Waals surface area (Å²) in [5.74, 6) is -0.715. The summed E-state index contributed by atoms with van der Waals surface area (Å²) in [6.45, 7) is 1.44. The van der Waals surface area contributed by atoms with Crippen LogP contribution in [-0.2, 0) is 9.59 Å². The maximum atomic E-state index is 11.9. The van der Waals surface area contributed by atoms with Crippen molar-refractivity contribution in [3.05, 3.63) is 0 Å². The van der Waals surface area contributed by atoms with Crippen LogP contribution < -0.4 is 5.32 Å². The molecule has 1 atom stereocenters. The molecule has 0 bridgehead atoms. The fourth-order valence-corrected chi connectivity index (χ4v) is 2.39. The average Bonchev–Trinajstić information content (AvgIpc) is 2.97. The van der Waals surface area contributed by atoms with Gasteiger partial charge in [-0.25, -0.2) is 0 Å². The second-order valence-corrected chi connectivity index (χ2v) is 4.96. The molecule has 1 unspecified atom stereocenters. The summed E-state index contributed by atoms with van der Waals surface area (Å²) in [5, 5.41) is 12.1. The van der Waals surface area contributed by atoms with E-state index in [1.54, 1.807) is 4.90 Å². The molecule has 2 rings (SSSR count). The molecular formula is C12H20N2O3. The molecule has 1 amide bonds. The van der Waals surface area contributed by atoms with Crippen molar-refractivity contribution in [2.75, 3.05) is 13.1 Å². The standard InChI is InChI=1S/C12H20N2O3/c15-11(5-6-13-9-3-4-9)14-7-1-2-10(14)8-12(16)17/h9-10,13H,1-8H2,(H,16,17). The van der Waals surface area contributed by atoms with Gasteiger partial charge < -0.3 is 15.3 Å². The lowest BCUT2D eigenvalue weighted by Gasteiger charge is -2.23. The molecule has 5 nitrogen and oxygen atoms in total. The van der Waals surface area contributed by atoms with Gasteiger partial charge >= 0.3 is 5.97 Å². The largest absolute Gasteiger partial charge is 0.481 e. The summed E-state index contributed by atoms with van der Waals surface area (Å²) in [6, 6.07) is 0.539. The van der Waals surface area contributed by atoms with E-state index in [-0.39, 0.29) is 18.4 Å². The highest BCUT2D eigenvalue weighted by Gasteiger charge is 2.30. The topological polar surface area (TPSA) is 69.6 Å². The lowest BCUT2D eigenvalue weighted by atomic mass is 10.1. The Morgan fingerprint density at radius 1 is 1.29 bits per heavy atom. The summed E-state index contributed by atoms with van der Waals surface area (Å²) < 4.78 is 0. The molecule has 1 saturated heterocycles. The molecule has 0 aromatic carbocycles. The van der Waals surface area contributed by atoms with E-state index >= 15 is 0 Å². The first-order valence-electron chi connectivity index (χ1n) is 6.41. The number of hydrogen-bond acceptors (Lipinski definition) is 3. The smallest absolute Gasteiger partial charge is 0.305 e. The SMILES string of the molecule is O=C(O)CC1CCCN1C(=O)CCNC1CC1. The molecule has 0 spiro atoms. The highest BCUT2D eigenvalue weighted by atomic mass is 16.4. The van der Waals surface area contributed by atoms with Gasteiger partial charge in [0.1, 0.15) is 0 Å². The maximum Gasteiger partial charge on any atom is 0.305 e. The quantitative estimate of drug-likeness (QED) is 0.713. The lowest BCUT2D eigenvalue weighted by molar-refractivity contribution is -0.139. The van der Waals surface area contributed by atoms with Crippen LogP contribution in [0.2, 0.25) is 0 Å². The third kappa shape index (κ3) is 3.70. The van der Waals surface area contributed by atoms with Crippen LogP contribution in [-0.4, -0.2) is 47.1 Å². The van der Waals surface area contributed by atoms with E-state index in [0.29, 0.717) is 12.5 Å². The number of nitrogens with zero attached hydrogens (tertiary/aromatic N) is 1. The first-order valence-corrected chi connectivity index (χ1v) is 6.41. The minimum Gasteiger partial charge on any atom is -0.481 e. The van der Waals surface area contributed by atoms with Crippen LogP contribution >= 0.6 is 0 Å². The van der Waals surface area contributed by atoms with Crippen molar-refractivity contribution in [2.24, 2.45) is 0 Å². The Labute approximate surface area is 101 Å². The predicted molar refractivity (Wildman–Crippen MR) is 62.6 cm³/mol. The number of hydrogen-bond donors (Lipinski definition) is 2. The molecule has 17 heavy (non-hydrogen) atoms. The van der Waals surface area contributed by atoms with Gasteiger partial charge in [0.15, 0.2) is 0 Å². The average molecular weight is 240 g/mol. The molecule has 1 aliphatic carbocycles. The number of aliphatic carboxylic acids is 1. The zero-order valence-electron chi connectivity index (χ0n) is 10.0. The normalized spacial score (nSPS) is 24.0. The monoisotopic (exact) mass is 240 g/mol. The first-order chi connectivity index (χ1) is 8.16. The van der Waals surface area contributed by atoms with Crippen LogP contribution in [0, 0.1) is 0 Å². The Bertz CT molecular complexity index is 302. The molecule has 0 radical (unpaired) electrons. The van der Waals surface area contributed by atoms with Crippen LogP contribution in [0.1, 0.15) is 38.5 Å². The summed E-state index contributed by atoms with van der Waals surface area (Å²) in [6.07, 6.45) is 4.78. The maximum absolute atomic E-state index is 11.9. The van der Waals surface area contributed by atoms with E-state index in [2.05, 4.69) is 5.32 Å². The van der Waals surface area contributed by atoms with E-state index in [0.717, 1.165) is 25.9 Å². The highest BCUT2D eigenvalue weighted by molar-refractivity contribution is 5.78. The number of nitrogens with one attached hydrogen (secondary N) is 1. The molecule has 96 valence electrons. The second kappa shape index (κ2) is 5.49. The first kappa shape index (κ1) is 12.4. The van der Waals surface area contributed by atoms with Gasteiger partial charge in [-0.2, -0.15) is 0 Å². The van der Waals surface area contributed by atoms with Crippen molar-refractivity contribution in [3.63, 3.8) is 0 Å². The van der Waals surface area contributed by atoms with Gasteiger partial charge in [-0.15, -0.1) is 0 Å². The number of rotatable bonds is 6. The lowest BCUT2D eigenvalue weighted by Crippen LogP contribution is -2.38. The van der Waals surface area contributed by atoms with Crippen molar-refractivity contribution in [1.29, 1.82) is 0 Å². The van der Waals surface area contributed by atoms with Gasteiger partial charge in [-0.05, 0) is 25.7 Å². The zero-order chi connectivity index (χ0) is 12.3. The van der Waals surface area contributed by atoms with Crippen molar-refractivity contribution in [2.45, 2.75) is 50.6 Å². The minimum atomic E-state index is -0.814. The van der Waals surface area contributed by atoms with Gasteiger partial charge in [0.25, 0.3) is 0 Å². The molecule has 2 N–H and O–H groups in total. The van der Waals surface area contributed by atoms with E-state index in [4.69, 9.17) is 5.11 Å². The van der Waals surface area contributed by atoms with Gasteiger partial charge in [-0.1, -0.05) is 0 Å². The summed E-state index contributed by atoms with van der Waals surface area (Å²) >= 11 is 0. The van der Waals surface area contributed by atoms with E-state index in [1.807, 2.05) is 0 Å². The molecule has 1 aliphatic heterocycles. The Kier molecular flexibility index (Phi) is 3.99. The number of likely N-dealkylation sites (tertiary alicyclic amines) is 1. The van der Waals surface area contributed by atoms with Crippen molar-refractivity contribution >= 4 is 11.9 Å². The molecule has 5 heteroatoms. The number of amides is 1. The number of carbonyl (C=O) groups excluding carboxylic acids is 1. The summed E-state index contributed by atoms with van der Waals surface area (Å²) in [5.41, 5.74) is 0. The number of carboxylic acids is 1. The Morgan fingerprint density at radius 3 is 2.71 bits per heavy atom. The molecule has 0 aromatic heterocycles. The molecule has 1 saturated carbocycles. The molecule has 0 aromatic rings. The molecular weight excluding hydrogens is 220 g/mol. The Hall–Kier alpha value is -1.10. The third-order valence-corrected chi connectivity index (χ3v) is 3.46. The van der Waals surface area contributed by atoms with Crippen LogP contribution in [0.15, 0.2) is 0 Å². The second-order valence-electron chi connectivity index (χ2n) is 4.96. The van der Waals surface area contributed by atoms with Gasteiger partial charge in [-0.3, -0.25) is 9.59 Å². The van der Waals surface area contributed by atoms with Gasteiger partial charge in [0.05, 0.1) is 6.42 Å².